The van der Waals surface area contributed by atoms with Gasteiger partial charge in [0, 0.05) is 25.2 Å². The zero-order chi connectivity index (χ0) is 19.3. The molecule has 26 heavy (non-hydrogen) atoms. The second kappa shape index (κ2) is 8.39. The van der Waals surface area contributed by atoms with Gasteiger partial charge >= 0.3 is 0 Å². The van der Waals surface area contributed by atoms with E-state index < -0.39 is 10.0 Å². The summed E-state index contributed by atoms with van der Waals surface area (Å²) in [6.45, 7) is 1.46. The predicted molar refractivity (Wildman–Crippen MR) is 98.8 cm³/mol. The standard InChI is InChI=1S/C18H22FN3O3S/c1-13(23)21-16-7-9-17(10-8-16)26(24,25)20-12-18(22(2)3)14-5-4-6-15(19)11-14/h4-11,18,20H,12H2,1-3H3,(H,21,23). The van der Waals surface area contributed by atoms with Crippen molar-refractivity contribution in [2.24, 2.45) is 0 Å². The van der Waals surface area contributed by atoms with Crippen LogP contribution in [0.2, 0.25) is 0 Å². The van der Waals surface area contributed by atoms with Crippen LogP contribution in [0.4, 0.5) is 10.1 Å². The summed E-state index contributed by atoms with van der Waals surface area (Å²) in [5, 5.41) is 2.58. The van der Waals surface area contributed by atoms with Crippen LogP contribution >= 0.6 is 0 Å². The minimum absolute atomic E-state index is 0.0864. The Morgan fingerprint density at radius 2 is 1.81 bits per heavy atom. The van der Waals surface area contributed by atoms with E-state index in [4.69, 9.17) is 0 Å². The van der Waals surface area contributed by atoms with Crippen LogP contribution in [0.25, 0.3) is 0 Å². The number of nitrogens with zero attached hydrogens (tertiary/aromatic N) is 1. The Labute approximate surface area is 153 Å². The summed E-state index contributed by atoms with van der Waals surface area (Å²) in [5.41, 5.74) is 1.20. The zero-order valence-electron chi connectivity index (χ0n) is 14.9. The van der Waals surface area contributed by atoms with Gasteiger partial charge in [0.1, 0.15) is 5.82 Å². The molecular weight excluding hydrogens is 357 g/mol. The smallest absolute Gasteiger partial charge is 0.240 e. The highest BCUT2D eigenvalue weighted by Crippen LogP contribution is 2.20. The fraction of sp³-hybridized carbons (Fsp3) is 0.278. The highest BCUT2D eigenvalue weighted by Gasteiger charge is 2.20. The summed E-state index contributed by atoms with van der Waals surface area (Å²) in [4.78, 5) is 12.9. The number of nitrogens with one attached hydrogen (secondary N) is 2. The molecule has 1 amide bonds. The van der Waals surface area contributed by atoms with Crippen molar-refractivity contribution >= 4 is 21.6 Å². The molecule has 1 atom stereocenters. The Bertz CT molecular complexity index is 868. The van der Waals surface area contributed by atoms with Crippen molar-refractivity contribution in [1.29, 1.82) is 0 Å². The maximum atomic E-state index is 13.5. The van der Waals surface area contributed by atoms with Crippen LogP contribution in [0.3, 0.4) is 0 Å². The van der Waals surface area contributed by atoms with Crippen LogP contribution < -0.4 is 10.0 Å². The van der Waals surface area contributed by atoms with Gasteiger partial charge in [0.15, 0.2) is 0 Å². The lowest BCUT2D eigenvalue weighted by molar-refractivity contribution is -0.114. The Balaban J connectivity index is 2.13. The third kappa shape index (κ3) is 5.35. The first-order chi connectivity index (χ1) is 12.2. The molecule has 1 unspecified atom stereocenters. The number of amides is 1. The quantitative estimate of drug-likeness (QED) is 0.774. The van der Waals surface area contributed by atoms with Gasteiger partial charge in [0.25, 0.3) is 0 Å². The van der Waals surface area contributed by atoms with Crippen LogP contribution in [0.1, 0.15) is 18.5 Å². The van der Waals surface area contributed by atoms with Crippen molar-refractivity contribution < 1.29 is 17.6 Å². The molecule has 0 spiro atoms. The van der Waals surface area contributed by atoms with Crippen molar-refractivity contribution in [3.05, 3.63) is 59.9 Å². The van der Waals surface area contributed by atoms with Gasteiger partial charge in [-0.05, 0) is 56.1 Å². The Hall–Kier alpha value is -2.29. The molecule has 0 aliphatic rings. The molecule has 2 N–H and O–H groups in total. The van der Waals surface area contributed by atoms with E-state index in [0.717, 1.165) is 0 Å². The summed E-state index contributed by atoms with van der Waals surface area (Å²) in [6, 6.07) is 11.6. The van der Waals surface area contributed by atoms with Crippen molar-refractivity contribution in [2.75, 3.05) is 26.0 Å². The fourth-order valence-electron chi connectivity index (χ4n) is 2.51. The number of hydrogen-bond donors (Lipinski definition) is 2. The topological polar surface area (TPSA) is 78.5 Å². The summed E-state index contributed by atoms with van der Waals surface area (Å²) >= 11 is 0. The number of benzene rings is 2. The fourth-order valence-corrected chi connectivity index (χ4v) is 3.54. The first-order valence-corrected chi connectivity index (χ1v) is 9.46. The Morgan fingerprint density at radius 1 is 1.15 bits per heavy atom. The van der Waals surface area contributed by atoms with E-state index in [-0.39, 0.29) is 29.2 Å². The molecule has 0 radical (unpaired) electrons. The van der Waals surface area contributed by atoms with E-state index >= 15 is 0 Å². The lowest BCUT2D eigenvalue weighted by Crippen LogP contribution is -2.34. The van der Waals surface area contributed by atoms with Gasteiger partial charge in [0.05, 0.1) is 4.90 Å². The largest absolute Gasteiger partial charge is 0.326 e. The monoisotopic (exact) mass is 379 g/mol. The molecule has 140 valence electrons. The normalized spacial score (nSPS) is 12.8. The summed E-state index contributed by atoms with van der Waals surface area (Å²) in [5.74, 6) is -0.603. The van der Waals surface area contributed by atoms with Crippen molar-refractivity contribution in [1.82, 2.24) is 9.62 Å². The number of rotatable bonds is 7. The third-order valence-corrected chi connectivity index (χ3v) is 5.25. The van der Waals surface area contributed by atoms with E-state index in [1.807, 2.05) is 4.90 Å². The molecule has 0 fully saturated rings. The highest BCUT2D eigenvalue weighted by molar-refractivity contribution is 7.89. The lowest BCUT2D eigenvalue weighted by atomic mass is 10.1. The predicted octanol–water partition coefficient (Wildman–Crippen LogP) is 2.37. The number of carbonyl (C=O) groups is 1. The Kier molecular flexibility index (Phi) is 6.47. The van der Waals surface area contributed by atoms with Crippen LogP contribution in [-0.2, 0) is 14.8 Å². The van der Waals surface area contributed by atoms with Crippen LogP contribution in [0.15, 0.2) is 53.4 Å². The van der Waals surface area contributed by atoms with E-state index in [1.54, 1.807) is 26.2 Å². The van der Waals surface area contributed by atoms with Crippen molar-refractivity contribution in [3.8, 4) is 0 Å². The molecule has 0 saturated heterocycles. The first kappa shape index (κ1) is 20.0. The molecular formula is C18H22FN3O3S. The van der Waals surface area contributed by atoms with E-state index in [9.17, 15) is 17.6 Å². The van der Waals surface area contributed by atoms with E-state index in [1.165, 1.54) is 43.3 Å². The van der Waals surface area contributed by atoms with Gasteiger partial charge in [0.2, 0.25) is 15.9 Å². The molecule has 2 aromatic carbocycles. The average Bonchev–Trinajstić information content (AvgIpc) is 2.54. The van der Waals surface area contributed by atoms with Gasteiger partial charge in [-0.25, -0.2) is 17.5 Å². The molecule has 0 saturated carbocycles. The second-order valence-electron chi connectivity index (χ2n) is 6.09. The molecule has 0 aliphatic carbocycles. The summed E-state index contributed by atoms with van der Waals surface area (Å²) in [7, 11) is -0.140. The molecule has 0 bridgehead atoms. The SMILES string of the molecule is CC(=O)Nc1ccc(S(=O)(=O)NCC(c2cccc(F)c2)N(C)C)cc1. The molecule has 0 heterocycles. The molecule has 2 rings (SSSR count). The molecule has 6 nitrogen and oxygen atoms in total. The minimum Gasteiger partial charge on any atom is -0.326 e. The minimum atomic E-state index is -3.74. The summed E-state index contributed by atoms with van der Waals surface area (Å²) < 4.78 is 41.0. The van der Waals surface area contributed by atoms with Crippen molar-refractivity contribution in [3.63, 3.8) is 0 Å². The third-order valence-electron chi connectivity index (χ3n) is 3.81. The second-order valence-corrected chi connectivity index (χ2v) is 7.86. The summed E-state index contributed by atoms with van der Waals surface area (Å²) in [6.07, 6.45) is 0. The number of carbonyl (C=O) groups excluding carboxylic acids is 1. The van der Waals surface area contributed by atoms with Gasteiger partial charge in [-0.1, -0.05) is 12.1 Å². The van der Waals surface area contributed by atoms with Gasteiger partial charge < -0.3 is 10.2 Å². The first-order valence-electron chi connectivity index (χ1n) is 7.98. The highest BCUT2D eigenvalue weighted by atomic mass is 32.2. The number of hydrogen-bond acceptors (Lipinski definition) is 4. The number of likely N-dealkylation sites (N-methyl/N-ethyl adjacent to an activating group) is 1. The average molecular weight is 379 g/mol. The van der Waals surface area contributed by atoms with Crippen LogP contribution in [0.5, 0.6) is 0 Å². The maximum absolute atomic E-state index is 13.5. The molecule has 2 aromatic rings. The zero-order valence-corrected chi connectivity index (χ0v) is 15.7. The van der Waals surface area contributed by atoms with Crippen molar-refractivity contribution in [2.45, 2.75) is 17.9 Å². The number of anilines is 1. The van der Waals surface area contributed by atoms with E-state index in [0.29, 0.717) is 11.3 Å². The maximum Gasteiger partial charge on any atom is 0.240 e. The van der Waals surface area contributed by atoms with Gasteiger partial charge in [-0.15, -0.1) is 0 Å². The molecule has 8 heteroatoms. The Morgan fingerprint density at radius 3 is 2.35 bits per heavy atom. The number of halogens is 1. The van der Waals surface area contributed by atoms with E-state index in [2.05, 4.69) is 10.0 Å². The van der Waals surface area contributed by atoms with Gasteiger partial charge in [-0.3, -0.25) is 4.79 Å². The number of sulfonamides is 1. The molecule has 0 aromatic heterocycles. The van der Waals surface area contributed by atoms with Gasteiger partial charge in [-0.2, -0.15) is 0 Å². The lowest BCUT2D eigenvalue weighted by Gasteiger charge is -2.25. The molecule has 0 aliphatic heterocycles. The van der Waals surface area contributed by atoms with Crippen LogP contribution in [0, 0.1) is 5.82 Å². The van der Waals surface area contributed by atoms with Crippen LogP contribution in [-0.4, -0.2) is 39.9 Å².